The maximum atomic E-state index is 12.8. The lowest BCUT2D eigenvalue weighted by Gasteiger charge is -2.35. The van der Waals surface area contributed by atoms with E-state index in [4.69, 9.17) is 0 Å². The first kappa shape index (κ1) is 15.0. The summed E-state index contributed by atoms with van der Waals surface area (Å²) in [7, 11) is 3.88. The summed E-state index contributed by atoms with van der Waals surface area (Å²) in [6.45, 7) is 4.38. The molecular formula is C17H24N4O. The SMILES string of the molecule is CN(Cc1nc2ccccc2n1C)C(=O)C1(C)CCCNC1. The number of carbonyl (C=O) groups excluding carboxylic acids is 1. The molecule has 1 aliphatic rings. The molecule has 2 heterocycles. The highest BCUT2D eigenvalue weighted by molar-refractivity contribution is 5.82. The third-order valence-electron chi connectivity index (χ3n) is 4.72. The fourth-order valence-electron chi connectivity index (χ4n) is 3.32. The van der Waals surface area contributed by atoms with Gasteiger partial charge >= 0.3 is 0 Å². The van der Waals surface area contributed by atoms with Gasteiger partial charge in [0.15, 0.2) is 0 Å². The normalized spacial score (nSPS) is 22.0. The van der Waals surface area contributed by atoms with E-state index in [1.165, 1.54) is 0 Å². The fraction of sp³-hybridized carbons (Fsp3) is 0.529. The van der Waals surface area contributed by atoms with Crippen LogP contribution in [0.1, 0.15) is 25.6 Å². The minimum atomic E-state index is -0.294. The molecule has 1 atom stereocenters. The first-order chi connectivity index (χ1) is 10.5. The zero-order valence-corrected chi connectivity index (χ0v) is 13.6. The average Bonchev–Trinajstić information content (AvgIpc) is 2.84. The highest BCUT2D eigenvalue weighted by Gasteiger charge is 2.36. The molecule has 0 saturated carbocycles. The van der Waals surface area contributed by atoms with Gasteiger partial charge in [0.25, 0.3) is 0 Å². The number of carbonyl (C=O) groups is 1. The van der Waals surface area contributed by atoms with Crippen LogP contribution in [-0.2, 0) is 18.4 Å². The molecule has 1 amide bonds. The van der Waals surface area contributed by atoms with E-state index in [9.17, 15) is 4.79 Å². The second-order valence-electron chi connectivity index (χ2n) is 6.58. The van der Waals surface area contributed by atoms with Gasteiger partial charge in [0.2, 0.25) is 5.91 Å². The highest BCUT2D eigenvalue weighted by Crippen LogP contribution is 2.28. The molecule has 1 unspecified atom stereocenters. The van der Waals surface area contributed by atoms with E-state index < -0.39 is 0 Å². The summed E-state index contributed by atoms with van der Waals surface area (Å²) in [6.07, 6.45) is 2.01. The second kappa shape index (κ2) is 5.72. The van der Waals surface area contributed by atoms with E-state index in [0.717, 1.165) is 42.8 Å². The molecule has 5 heteroatoms. The van der Waals surface area contributed by atoms with Crippen LogP contribution in [0.2, 0.25) is 0 Å². The van der Waals surface area contributed by atoms with Crippen molar-refractivity contribution < 1.29 is 4.79 Å². The molecule has 2 aromatic rings. The zero-order chi connectivity index (χ0) is 15.7. The molecule has 0 aliphatic carbocycles. The van der Waals surface area contributed by atoms with Crippen LogP contribution >= 0.6 is 0 Å². The first-order valence-electron chi connectivity index (χ1n) is 7.88. The van der Waals surface area contributed by atoms with Crippen LogP contribution < -0.4 is 5.32 Å². The van der Waals surface area contributed by atoms with Crippen LogP contribution in [0.5, 0.6) is 0 Å². The van der Waals surface area contributed by atoms with Crippen molar-refractivity contribution in [2.75, 3.05) is 20.1 Å². The zero-order valence-electron chi connectivity index (χ0n) is 13.6. The van der Waals surface area contributed by atoms with Crippen LogP contribution in [0, 0.1) is 5.41 Å². The summed E-state index contributed by atoms with van der Waals surface area (Å²) < 4.78 is 2.07. The predicted molar refractivity (Wildman–Crippen MR) is 87.4 cm³/mol. The summed E-state index contributed by atoms with van der Waals surface area (Å²) in [5, 5.41) is 3.34. The van der Waals surface area contributed by atoms with Gasteiger partial charge in [0, 0.05) is 20.6 Å². The molecule has 1 saturated heterocycles. The number of nitrogens with one attached hydrogen (secondary N) is 1. The molecule has 118 valence electrons. The number of aromatic nitrogens is 2. The second-order valence-corrected chi connectivity index (χ2v) is 6.58. The molecule has 0 spiro atoms. The Balaban J connectivity index is 1.79. The minimum absolute atomic E-state index is 0.201. The number of hydrogen-bond donors (Lipinski definition) is 1. The van der Waals surface area contributed by atoms with Crippen molar-refractivity contribution in [1.82, 2.24) is 19.8 Å². The van der Waals surface area contributed by atoms with Gasteiger partial charge < -0.3 is 14.8 Å². The molecule has 1 N–H and O–H groups in total. The van der Waals surface area contributed by atoms with Crippen molar-refractivity contribution in [3.05, 3.63) is 30.1 Å². The van der Waals surface area contributed by atoms with E-state index in [2.05, 4.69) is 27.9 Å². The Hall–Kier alpha value is -1.88. The molecule has 1 aromatic carbocycles. The number of para-hydroxylation sites is 2. The molecule has 22 heavy (non-hydrogen) atoms. The Morgan fingerprint density at radius 1 is 1.45 bits per heavy atom. The monoisotopic (exact) mass is 300 g/mol. The molecule has 1 aliphatic heterocycles. The Kier molecular flexibility index (Phi) is 3.91. The molecule has 0 radical (unpaired) electrons. The van der Waals surface area contributed by atoms with Gasteiger partial charge in [-0.2, -0.15) is 0 Å². The standard InChI is InChI=1S/C17H24N4O/c1-17(9-6-10-18-12-17)16(22)20(2)11-15-19-13-7-4-5-8-14(13)21(15)3/h4-5,7-8,18H,6,9-12H2,1-3H3. The van der Waals surface area contributed by atoms with Gasteiger partial charge in [-0.3, -0.25) is 4.79 Å². The summed E-state index contributed by atoms with van der Waals surface area (Å²) >= 11 is 0. The van der Waals surface area contributed by atoms with Crippen molar-refractivity contribution in [1.29, 1.82) is 0 Å². The Morgan fingerprint density at radius 3 is 2.91 bits per heavy atom. The van der Waals surface area contributed by atoms with Crippen molar-refractivity contribution in [2.24, 2.45) is 12.5 Å². The molecule has 1 fully saturated rings. The number of amides is 1. The van der Waals surface area contributed by atoms with Gasteiger partial charge in [0.05, 0.1) is 23.0 Å². The Bertz CT molecular complexity index is 685. The maximum Gasteiger partial charge on any atom is 0.229 e. The number of nitrogens with zero attached hydrogens (tertiary/aromatic N) is 3. The minimum Gasteiger partial charge on any atom is -0.338 e. The number of benzene rings is 1. The summed E-state index contributed by atoms with van der Waals surface area (Å²) in [5.41, 5.74) is 1.78. The van der Waals surface area contributed by atoms with E-state index in [1.807, 2.05) is 37.2 Å². The number of hydrogen-bond acceptors (Lipinski definition) is 3. The van der Waals surface area contributed by atoms with Gasteiger partial charge in [0.1, 0.15) is 5.82 Å². The topological polar surface area (TPSA) is 50.2 Å². The van der Waals surface area contributed by atoms with Crippen LogP contribution in [0.3, 0.4) is 0 Å². The smallest absolute Gasteiger partial charge is 0.229 e. The lowest BCUT2D eigenvalue weighted by atomic mass is 9.81. The summed E-state index contributed by atoms with van der Waals surface area (Å²) in [4.78, 5) is 19.3. The Labute approximate surface area is 131 Å². The molecule has 3 rings (SSSR count). The van der Waals surface area contributed by atoms with Gasteiger partial charge in [-0.25, -0.2) is 4.98 Å². The lowest BCUT2D eigenvalue weighted by Crippen LogP contribution is -2.49. The quantitative estimate of drug-likeness (QED) is 0.942. The van der Waals surface area contributed by atoms with E-state index >= 15 is 0 Å². The maximum absolute atomic E-state index is 12.8. The summed E-state index contributed by atoms with van der Waals surface area (Å²) in [6, 6.07) is 8.06. The molecule has 0 bridgehead atoms. The molecule has 5 nitrogen and oxygen atoms in total. The highest BCUT2D eigenvalue weighted by atomic mass is 16.2. The van der Waals surface area contributed by atoms with Crippen LogP contribution in [0.15, 0.2) is 24.3 Å². The average molecular weight is 300 g/mol. The number of fused-ring (bicyclic) bond motifs is 1. The van der Waals surface area contributed by atoms with Crippen LogP contribution in [0.4, 0.5) is 0 Å². The van der Waals surface area contributed by atoms with Crippen molar-refractivity contribution in [3.63, 3.8) is 0 Å². The van der Waals surface area contributed by atoms with E-state index in [-0.39, 0.29) is 11.3 Å². The number of rotatable bonds is 3. The lowest BCUT2D eigenvalue weighted by molar-refractivity contribution is -0.141. The van der Waals surface area contributed by atoms with Gasteiger partial charge in [-0.15, -0.1) is 0 Å². The summed E-state index contributed by atoms with van der Waals surface area (Å²) in [5.74, 6) is 1.12. The third-order valence-corrected chi connectivity index (χ3v) is 4.72. The van der Waals surface area contributed by atoms with Crippen LogP contribution in [-0.4, -0.2) is 40.5 Å². The van der Waals surface area contributed by atoms with Gasteiger partial charge in [-0.1, -0.05) is 12.1 Å². The molecular weight excluding hydrogens is 276 g/mol. The number of piperidine rings is 1. The van der Waals surface area contributed by atoms with E-state index in [1.54, 1.807) is 0 Å². The third kappa shape index (κ3) is 2.61. The Morgan fingerprint density at radius 2 is 2.23 bits per heavy atom. The van der Waals surface area contributed by atoms with Crippen molar-refractivity contribution in [3.8, 4) is 0 Å². The predicted octanol–water partition coefficient (Wildman–Crippen LogP) is 1.92. The van der Waals surface area contributed by atoms with Crippen molar-refractivity contribution >= 4 is 16.9 Å². The van der Waals surface area contributed by atoms with Gasteiger partial charge in [-0.05, 0) is 38.4 Å². The van der Waals surface area contributed by atoms with E-state index in [0.29, 0.717) is 6.54 Å². The number of imidazole rings is 1. The number of aryl methyl sites for hydroxylation is 1. The molecule has 1 aromatic heterocycles. The fourth-order valence-corrected chi connectivity index (χ4v) is 3.32. The largest absolute Gasteiger partial charge is 0.338 e. The van der Waals surface area contributed by atoms with Crippen molar-refractivity contribution in [2.45, 2.75) is 26.3 Å². The first-order valence-corrected chi connectivity index (χ1v) is 7.88. The van der Waals surface area contributed by atoms with Crippen LogP contribution in [0.25, 0.3) is 11.0 Å².